The number of rotatable bonds is 23. The van der Waals surface area contributed by atoms with E-state index in [9.17, 15) is 14.4 Å². The van der Waals surface area contributed by atoms with Crippen LogP contribution < -0.4 is 0 Å². The largest absolute Gasteiger partial charge is 0.450 e. The summed E-state index contributed by atoms with van der Waals surface area (Å²) in [5, 5.41) is 0. The van der Waals surface area contributed by atoms with Gasteiger partial charge in [0.05, 0.1) is 11.2 Å². The maximum atomic E-state index is 13.0. The summed E-state index contributed by atoms with van der Waals surface area (Å²) >= 11 is 0. The Bertz CT molecular complexity index is 605. The second kappa shape index (κ2) is 18.5. The van der Waals surface area contributed by atoms with Gasteiger partial charge in [-0.15, -0.1) is 0 Å². The lowest BCUT2D eigenvalue weighted by atomic mass is 9.81. The van der Waals surface area contributed by atoms with E-state index in [0.717, 1.165) is 77.0 Å². The van der Waals surface area contributed by atoms with Crippen LogP contribution in [0.15, 0.2) is 0 Å². The molecule has 0 amide bonds. The fraction of sp³-hybridized carbons (Fsp3) is 1.00. The normalized spacial score (nSPS) is 14.0. The summed E-state index contributed by atoms with van der Waals surface area (Å²) in [6, 6.07) is 0. The molecule has 236 valence electrons. The summed E-state index contributed by atoms with van der Waals surface area (Å²) in [4.78, 5) is 35.0. The van der Waals surface area contributed by atoms with E-state index in [0.29, 0.717) is 40.5 Å². The van der Waals surface area contributed by atoms with Crippen LogP contribution in [-0.2, 0) is 14.2 Å². The first-order valence-electron chi connectivity index (χ1n) is 16.1. The quantitative estimate of drug-likeness (QED) is 0.0714. The third-order valence-electron chi connectivity index (χ3n) is 7.20. The van der Waals surface area contributed by atoms with E-state index in [1.807, 2.05) is 0 Å². The third-order valence-corrected chi connectivity index (χ3v) is 7.79. The monoisotopic (exact) mass is 577 g/mol. The summed E-state index contributed by atoms with van der Waals surface area (Å²) in [5.74, 6) is 2.54. The van der Waals surface area contributed by atoms with E-state index < -0.39 is 18.9 Å². The van der Waals surface area contributed by atoms with Crippen molar-refractivity contribution >= 4 is 7.75 Å². The van der Waals surface area contributed by atoms with Gasteiger partial charge in [0, 0.05) is 5.00 Å². The molecule has 0 bridgehead atoms. The third kappa shape index (κ3) is 18.2. The lowest BCUT2D eigenvalue weighted by molar-refractivity contribution is -0.406. The van der Waals surface area contributed by atoms with Crippen LogP contribution >= 0.6 is 7.75 Å². The van der Waals surface area contributed by atoms with Crippen molar-refractivity contribution in [3.05, 3.63) is 0 Å². The molecule has 0 spiro atoms. The van der Waals surface area contributed by atoms with Gasteiger partial charge in [-0.1, -0.05) is 122 Å². The van der Waals surface area contributed by atoms with Crippen LogP contribution in [-0.4, -0.2) is 26.0 Å². The number of nitrogens with zero attached hydrogens (tertiary/aromatic N) is 1. The highest BCUT2D eigenvalue weighted by Gasteiger charge is 2.46. The van der Waals surface area contributed by atoms with Gasteiger partial charge in [-0.2, -0.15) is 0 Å². The predicted molar refractivity (Wildman–Crippen MR) is 166 cm³/mol. The van der Waals surface area contributed by atoms with Crippen molar-refractivity contribution in [2.24, 2.45) is 35.5 Å². The zero-order valence-electron chi connectivity index (χ0n) is 28.0. The van der Waals surface area contributed by atoms with E-state index in [1.54, 1.807) is 0 Å². The number of unbranched alkanes of at least 4 members (excludes halogenated alkanes) is 2. The molecular weight excluding hydrogens is 509 g/mol. The molecule has 0 heterocycles. The molecule has 0 radical (unpaired) electrons. The number of hydrogen-bond acceptors (Lipinski definition) is 3. The van der Waals surface area contributed by atoms with Gasteiger partial charge in [-0.05, 0) is 74.0 Å². The molecule has 0 aliphatic heterocycles. The molecule has 0 aliphatic rings. The Hall–Kier alpha value is 0.0300. The van der Waals surface area contributed by atoms with Crippen LogP contribution in [0.4, 0.5) is 0 Å². The topological polar surface area (TPSA) is 79.2 Å². The van der Waals surface area contributed by atoms with Crippen molar-refractivity contribution in [1.82, 2.24) is 5.00 Å². The maximum absolute atomic E-state index is 13.0. The highest BCUT2D eigenvalue weighted by Crippen LogP contribution is 2.49. The molecule has 0 unspecified atom stereocenters. The van der Waals surface area contributed by atoms with E-state index >= 15 is 0 Å². The van der Waals surface area contributed by atoms with Crippen LogP contribution in [0.3, 0.4) is 0 Å². The van der Waals surface area contributed by atoms with Crippen molar-refractivity contribution < 1.29 is 24.0 Å². The standard InChI is InChI=1S/C32H68NO5P/c1-25(2)17-13-15-19-31(21-27(5)6,22-28(7)8)37-33(39(34,35)36)38-32(23-29(9)10,24-30(11)12)20-16-14-18-26(3)4/h25-30H,13-24H2,1-12H3,(H2,34,35,36). The molecule has 0 saturated carbocycles. The molecule has 2 N–H and O–H groups in total. The minimum absolute atomic E-state index is 0.319. The van der Waals surface area contributed by atoms with Crippen LogP contribution in [0.25, 0.3) is 0 Å². The molecule has 0 aliphatic carbocycles. The van der Waals surface area contributed by atoms with Crippen molar-refractivity contribution in [3.8, 4) is 0 Å². The Balaban J connectivity index is 6.41. The Morgan fingerprint density at radius 2 is 0.821 bits per heavy atom. The molecule has 0 atom stereocenters. The SMILES string of the molecule is CC(C)CCCCC(CC(C)C)(CC(C)C)ON(OC(CCCCC(C)C)(CC(C)C)CC(C)C)P(=O)(O)O. The lowest BCUT2D eigenvalue weighted by Crippen LogP contribution is -2.47. The molecule has 6 nitrogen and oxygen atoms in total. The molecule has 0 rings (SSSR count). The first-order valence-corrected chi connectivity index (χ1v) is 17.6. The molecule has 39 heavy (non-hydrogen) atoms. The average molecular weight is 578 g/mol. The van der Waals surface area contributed by atoms with Crippen molar-refractivity contribution in [3.63, 3.8) is 0 Å². The molecule has 0 fully saturated rings. The first-order chi connectivity index (χ1) is 17.8. The maximum Gasteiger partial charge on any atom is 0.450 e. The van der Waals surface area contributed by atoms with E-state index in [1.165, 1.54) is 0 Å². The Labute approximate surface area is 243 Å². The molecule has 7 heteroatoms. The summed E-state index contributed by atoms with van der Waals surface area (Å²) in [5.41, 5.74) is -1.39. The second-order valence-corrected chi connectivity index (χ2v) is 16.3. The van der Waals surface area contributed by atoms with Gasteiger partial charge in [0.25, 0.3) is 0 Å². The molecule has 0 aromatic rings. The Morgan fingerprint density at radius 3 is 1.03 bits per heavy atom. The van der Waals surface area contributed by atoms with Gasteiger partial charge in [0.15, 0.2) is 0 Å². The lowest BCUT2D eigenvalue weighted by Gasteiger charge is -2.44. The first kappa shape index (κ1) is 39.0. The minimum atomic E-state index is -4.86. The van der Waals surface area contributed by atoms with Crippen molar-refractivity contribution in [2.75, 3.05) is 0 Å². The number of hydrogen-bond donors (Lipinski definition) is 2. The predicted octanol–water partition coefficient (Wildman–Crippen LogP) is 10.3. The second-order valence-electron chi connectivity index (χ2n) is 15.0. The molecule has 0 aromatic heterocycles. The van der Waals surface area contributed by atoms with Gasteiger partial charge >= 0.3 is 7.75 Å². The van der Waals surface area contributed by atoms with E-state index in [4.69, 9.17) is 9.68 Å². The molecule has 0 aromatic carbocycles. The summed E-state index contributed by atoms with van der Waals surface area (Å²) in [6.45, 7) is 26.2. The molecule has 0 saturated heterocycles. The smallest absolute Gasteiger partial charge is 0.310 e. The van der Waals surface area contributed by atoms with Gasteiger partial charge in [0.1, 0.15) is 0 Å². The van der Waals surface area contributed by atoms with Crippen LogP contribution in [0.5, 0.6) is 0 Å². The fourth-order valence-electron chi connectivity index (χ4n) is 6.25. The zero-order chi connectivity index (χ0) is 30.4. The van der Waals surface area contributed by atoms with Crippen LogP contribution in [0.2, 0.25) is 0 Å². The van der Waals surface area contributed by atoms with Gasteiger partial charge in [-0.25, -0.2) is 4.57 Å². The highest BCUT2D eigenvalue weighted by molar-refractivity contribution is 7.48. The van der Waals surface area contributed by atoms with E-state index in [2.05, 4.69) is 83.1 Å². The minimum Gasteiger partial charge on any atom is -0.310 e. The summed E-state index contributed by atoms with van der Waals surface area (Å²) < 4.78 is 13.0. The summed E-state index contributed by atoms with van der Waals surface area (Å²) in [6.07, 6.45) is 10.8. The van der Waals surface area contributed by atoms with Crippen LogP contribution in [0.1, 0.15) is 160 Å². The Morgan fingerprint density at radius 1 is 0.538 bits per heavy atom. The highest BCUT2D eigenvalue weighted by atomic mass is 31.2. The Kier molecular flexibility index (Phi) is 18.6. The average Bonchev–Trinajstić information content (AvgIpc) is 2.71. The van der Waals surface area contributed by atoms with E-state index in [-0.39, 0.29) is 0 Å². The van der Waals surface area contributed by atoms with Gasteiger partial charge < -0.3 is 9.79 Å². The van der Waals surface area contributed by atoms with Crippen molar-refractivity contribution in [1.29, 1.82) is 0 Å². The van der Waals surface area contributed by atoms with Crippen molar-refractivity contribution in [2.45, 2.75) is 171 Å². The zero-order valence-corrected chi connectivity index (χ0v) is 28.9. The van der Waals surface area contributed by atoms with Crippen LogP contribution in [0, 0.1) is 35.5 Å². The van der Waals surface area contributed by atoms with Gasteiger partial charge in [-0.3, -0.25) is 9.68 Å². The fourth-order valence-corrected chi connectivity index (χ4v) is 6.81. The van der Waals surface area contributed by atoms with Gasteiger partial charge in [0.2, 0.25) is 0 Å². The molecular formula is C32H68NO5P. The summed E-state index contributed by atoms with van der Waals surface area (Å²) in [7, 11) is -4.86.